The Morgan fingerprint density at radius 1 is 1.22 bits per heavy atom. The number of hydrogen-bond acceptors (Lipinski definition) is 8. The van der Waals surface area contributed by atoms with Crippen molar-refractivity contribution in [1.82, 2.24) is 4.57 Å². The number of hydrogen-bond donors (Lipinski definition) is 0. The van der Waals surface area contributed by atoms with Gasteiger partial charge in [-0.2, -0.15) is 0 Å². The zero-order valence-electron chi connectivity index (χ0n) is 21.5. The van der Waals surface area contributed by atoms with Crippen LogP contribution in [0.1, 0.15) is 51.0 Å². The van der Waals surface area contributed by atoms with E-state index in [9.17, 15) is 9.59 Å². The van der Waals surface area contributed by atoms with Gasteiger partial charge in [-0.25, -0.2) is 9.79 Å². The minimum absolute atomic E-state index is 0.207. The molecule has 1 fully saturated rings. The highest BCUT2D eigenvalue weighted by Crippen LogP contribution is 2.32. The van der Waals surface area contributed by atoms with Crippen LogP contribution in [0, 0.1) is 5.92 Å². The largest absolute Gasteiger partial charge is 0.463 e. The number of aromatic nitrogens is 1. The summed E-state index contributed by atoms with van der Waals surface area (Å²) >= 11 is 2.94. The molecule has 2 aliphatic heterocycles. The van der Waals surface area contributed by atoms with Crippen molar-refractivity contribution in [3.8, 4) is 0 Å². The number of rotatable bonds is 6. The Morgan fingerprint density at radius 2 is 1.95 bits per heavy atom. The number of carbonyl (C=O) groups excluding carboxylic acids is 1. The number of fused-ring (bicyclic) bond motifs is 1. The number of piperidine rings is 1. The summed E-state index contributed by atoms with van der Waals surface area (Å²) in [6.07, 6.45) is 6.08. The first-order valence-electron chi connectivity index (χ1n) is 12.6. The molecule has 9 heteroatoms. The van der Waals surface area contributed by atoms with E-state index >= 15 is 0 Å². The first-order chi connectivity index (χ1) is 17.9. The predicted molar refractivity (Wildman–Crippen MR) is 148 cm³/mol. The quantitative estimate of drug-likeness (QED) is 0.344. The summed E-state index contributed by atoms with van der Waals surface area (Å²) < 4.78 is 13.6. The van der Waals surface area contributed by atoms with Gasteiger partial charge in [-0.15, -0.1) is 11.8 Å². The number of ether oxygens (including phenoxy) is 1. The highest BCUT2D eigenvalue weighted by Gasteiger charge is 2.33. The van der Waals surface area contributed by atoms with Gasteiger partial charge in [0.1, 0.15) is 5.76 Å². The molecule has 0 bridgehead atoms. The predicted octanol–water partition coefficient (Wildman–Crippen LogP) is 4.35. The summed E-state index contributed by atoms with van der Waals surface area (Å²) in [4.78, 5) is 35.3. The maximum absolute atomic E-state index is 13.8. The van der Waals surface area contributed by atoms with Crippen LogP contribution in [0.2, 0.25) is 0 Å². The highest BCUT2D eigenvalue weighted by atomic mass is 32.2. The van der Waals surface area contributed by atoms with Crippen molar-refractivity contribution >= 4 is 41.0 Å². The number of nitrogens with zero attached hydrogens (tertiary/aromatic N) is 3. The average Bonchev–Trinajstić information content (AvgIpc) is 3.48. The molecule has 0 radical (unpaired) electrons. The second-order valence-electron chi connectivity index (χ2n) is 9.42. The molecule has 37 heavy (non-hydrogen) atoms. The zero-order chi connectivity index (χ0) is 26.1. The highest BCUT2D eigenvalue weighted by molar-refractivity contribution is 7.98. The lowest BCUT2D eigenvalue weighted by Crippen LogP contribution is -2.39. The molecule has 0 unspecified atom stereocenters. The average molecular weight is 538 g/mol. The maximum Gasteiger partial charge on any atom is 0.338 e. The number of esters is 1. The van der Waals surface area contributed by atoms with Crippen LogP contribution in [-0.2, 0) is 9.53 Å². The second kappa shape index (κ2) is 10.8. The summed E-state index contributed by atoms with van der Waals surface area (Å²) in [6.45, 7) is 8.04. The van der Waals surface area contributed by atoms with Crippen LogP contribution < -0.4 is 19.8 Å². The Labute approximate surface area is 224 Å². The molecule has 2 aliphatic rings. The third-order valence-corrected chi connectivity index (χ3v) is 8.66. The number of thiazole rings is 1. The van der Waals surface area contributed by atoms with Gasteiger partial charge in [-0.05, 0) is 62.6 Å². The van der Waals surface area contributed by atoms with E-state index in [4.69, 9.17) is 9.15 Å². The summed E-state index contributed by atoms with van der Waals surface area (Å²) in [5.41, 5.74) is 1.58. The van der Waals surface area contributed by atoms with Crippen molar-refractivity contribution < 1.29 is 13.9 Å². The molecule has 0 aliphatic carbocycles. The molecule has 0 amide bonds. The van der Waals surface area contributed by atoms with Crippen molar-refractivity contribution in [2.24, 2.45) is 10.9 Å². The Bertz CT molecular complexity index is 1510. The van der Waals surface area contributed by atoms with Crippen LogP contribution in [0.4, 0.5) is 5.88 Å². The van der Waals surface area contributed by atoms with Crippen molar-refractivity contribution in [3.63, 3.8) is 0 Å². The van der Waals surface area contributed by atoms with Gasteiger partial charge < -0.3 is 14.1 Å². The maximum atomic E-state index is 13.8. The lowest BCUT2D eigenvalue weighted by Gasteiger charge is -2.29. The minimum Gasteiger partial charge on any atom is -0.463 e. The number of thioether (sulfide) groups is 1. The van der Waals surface area contributed by atoms with E-state index in [-0.39, 0.29) is 12.2 Å². The van der Waals surface area contributed by atoms with Gasteiger partial charge >= 0.3 is 5.97 Å². The van der Waals surface area contributed by atoms with Crippen molar-refractivity contribution in [1.29, 1.82) is 0 Å². The third-order valence-electron chi connectivity index (χ3n) is 6.93. The first kappa shape index (κ1) is 25.6. The van der Waals surface area contributed by atoms with Gasteiger partial charge in [0, 0.05) is 30.1 Å². The van der Waals surface area contributed by atoms with Crippen molar-refractivity contribution in [2.75, 3.05) is 30.9 Å². The molecule has 4 heterocycles. The van der Waals surface area contributed by atoms with E-state index < -0.39 is 12.0 Å². The fourth-order valence-corrected chi connectivity index (χ4v) is 6.28. The molecule has 0 N–H and O–H groups in total. The molecule has 1 atom stereocenters. The smallest absolute Gasteiger partial charge is 0.338 e. The summed E-state index contributed by atoms with van der Waals surface area (Å²) in [5.74, 6) is 1.74. The summed E-state index contributed by atoms with van der Waals surface area (Å²) in [6, 6.07) is 11.2. The molecule has 2 aromatic heterocycles. The number of anilines is 1. The molecule has 5 rings (SSSR count). The molecule has 194 valence electrons. The number of benzene rings is 1. The van der Waals surface area contributed by atoms with Crippen LogP contribution in [0.5, 0.6) is 0 Å². The standard InChI is InChI=1S/C28H31N3O4S2/c1-5-34-27(33)24-18(3)29-28-31(25(24)19-6-9-21(36-4)10-7-19)26(32)22(37-28)16-20-8-11-23(35-20)30-14-12-17(2)13-15-30/h6-11,16-17,25H,5,12-15H2,1-4H3/b22-16+/t25-/m0/s1. The Hall–Kier alpha value is -3.04. The van der Waals surface area contributed by atoms with E-state index in [2.05, 4.69) is 16.8 Å². The van der Waals surface area contributed by atoms with Gasteiger partial charge in [0.2, 0.25) is 0 Å². The molecule has 0 spiro atoms. The Morgan fingerprint density at radius 3 is 2.62 bits per heavy atom. The normalized spacial score (nSPS) is 18.6. The number of allylic oxidation sites excluding steroid dienone is 1. The Balaban J connectivity index is 1.57. The number of carbonyl (C=O) groups is 1. The molecule has 1 saturated heterocycles. The molecule has 1 aromatic carbocycles. The van der Waals surface area contributed by atoms with E-state index in [0.29, 0.717) is 26.4 Å². The fraction of sp³-hybridized carbons (Fsp3) is 0.393. The van der Waals surface area contributed by atoms with Crippen LogP contribution in [0.3, 0.4) is 0 Å². The van der Waals surface area contributed by atoms with E-state index in [1.165, 1.54) is 11.3 Å². The fourth-order valence-electron chi connectivity index (χ4n) is 4.84. The van der Waals surface area contributed by atoms with Gasteiger partial charge in [0.05, 0.1) is 28.5 Å². The third kappa shape index (κ3) is 5.07. The van der Waals surface area contributed by atoms with Crippen molar-refractivity contribution in [2.45, 2.75) is 44.6 Å². The molecule has 0 saturated carbocycles. The first-order valence-corrected chi connectivity index (χ1v) is 14.6. The van der Waals surface area contributed by atoms with Crippen LogP contribution in [-0.4, -0.2) is 36.5 Å². The van der Waals surface area contributed by atoms with E-state index in [1.54, 1.807) is 36.3 Å². The second-order valence-corrected chi connectivity index (χ2v) is 11.3. The zero-order valence-corrected chi connectivity index (χ0v) is 23.2. The van der Waals surface area contributed by atoms with E-state index in [1.807, 2.05) is 42.7 Å². The van der Waals surface area contributed by atoms with Crippen molar-refractivity contribution in [3.05, 3.63) is 78.7 Å². The molecule has 3 aromatic rings. The van der Waals surface area contributed by atoms with Crippen LogP contribution in [0.15, 0.2) is 66.8 Å². The summed E-state index contributed by atoms with van der Waals surface area (Å²) in [5, 5.41) is 0. The van der Waals surface area contributed by atoms with Gasteiger partial charge in [-0.3, -0.25) is 9.36 Å². The molecule has 7 nitrogen and oxygen atoms in total. The van der Waals surface area contributed by atoms with Gasteiger partial charge in [0.25, 0.3) is 5.56 Å². The molecular formula is C28H31N3O4S2. The number of furan rings is 1. The summed E-state index contributed by atoms with van der Waals surface area (Å²) in [7, 11) is 0. The Kier molecular flexibility index (Phi) is 7.44. The lowest BCUT2D eigenvalue weighted by atomic mass is 9.96. The SMILES string of the molecule is CCOC(=O)C1=C(C)N=c2s/c(=C/c3ccc(N4CCC(C)CC4)o3)c(=O)n2[C@H]1c1ccc(SC)cc1. The van der Waals surface area contributed by atoms with Crippen LogP contribution >= 0.6 is 23.1 Å². The minimum atomic E-state index is -0.615. The topological polar surface area (TPSA) is 77.0 Å². The monoisotopic (exact) mass is 537 g/mol. The van der Waals surface area contributed by atoms with E-state index in [0.717, 1.165) is 48.2 Å². The molecular weight excluding hydrogens is 506 g/mol. The van der Waals surface area contributed by atoms with Crippen LogP contribution in [0.25, 0.3) is 6.08 Å². The van der Waals surface area contributed by atoms with Gasteiger partial charge in [0.15, 0.2) is 10.7 Å². The lowest BCUT2D eigenvalue weighted by molar-refractivity contribution is -0.139. The van der Waals surface area contributed by atoms with Gasteiger partial charge in [-0.1, -0.05) is 30.4 Å².